The number of fused-ring (bicyclic) bond motifs is 1. The lowest BCUT2D eigenvalue weighted by Crippen LogP contribution is -2.17. The predicted molar refractivity (Wildman–Crippen MR) is 84.4 cm³/mol. The molecule has 0 bridgehead atoms. The smallest absolute Gasteiger partial charge is 0.270 e. The van der Waals surface area contributed by atoms with Crippen molar-refractivity contribution in [1.82, 2.24) is 19.7 Å². The molecule has 2 aromatic heterocycles. The topological polar surface area (TPSA) is 63.6 Å². The fraction of sp³-hybridized carbons (Fsp3) is 0.267. The molecule has 7 heteroatoms. The van der Waals surface area contributed by atoms with E-state index in [2.05, 4.69) is 15.2 Å². The normalized spacial score (nSPS) is 11.2. The molecule has 1 N–H and O–H groups in total. The van der Waals surface area contributed by atoms with Crippen molar-refractivity contribution >= 4 is 22.7 Å². The lowest BCUT2D eigenvalue weighted by atomic mass is 10.1. The molecule has 3 aromatic rings. The van der Waals surface area contributed by atoms with Gasteiger partial charge in [-0.25, -0.2) is 14.3 Å². The van der Waals surface area contributed by atoms with Gasteiger partial charge in [0, 0.05) is 23.9 Å². The zero-order valence-electron chi connectivity index (χ0n) is 12.0. The van der Waals surface area contributed by atoms with Crippen LogP contribution in [0.3, 0.4) is 0 Å². The van der Waals surface area contributed by atoms with Gasteiger partial charge in [0.2, 0.25) is 0 Å². The molecule has 0 aliphatic heterocycles. The van der Waals surface area contributed by atoms with Crippen molar-refractivity contribution in [3.8, 4) is 0 Å². The lowest BCUT2D eigenvalue weighted by molar-refractivity contribution is 0.603. The van der Waals surface area contributed by atoms with Crippen LogP contribution in [0.1, 0.15) is 18.9 Å². The monoisotopic (exact) mass is 318 g/mol. The fourth-order valence-corrected chi connectivity index (χ4v) is 3.26. The highest BCUT2D eigenvalue weighted by atomic mass is 32.2. The third-order valence-corrected chi connectivity index (χ3v) is 4.30. The summed E-state index contributed by atoms with van der Waals surface area (Å²) in [4.78, 5) is 16.0. The number of nitrogens with one attached hydrogen (secondary N) is 1. The molecule has 0 atom stereocenters. The minimum absolute atomic E-state index is 0.216. The molecular formula is C15H15FN4OS. The van der Waals surface area contributed by atoms with E-state index in [-0.39, 0.29) is 11.5 Å². The Balaban J connectivity index is 1.90. The first-order valence-corrected chi connectivity index (χ1v) is 7.98. The Morgan fingerprint density at radius 1 is 1.41 bits per heavy atom. The van der Waals surface area contributed by atoms with Crippen LogP contribution in [0, 0.1) is 5.82 Å². The van der Waals surface area contributed by atoms with E-state index in [0.717, 1.165) is 22.9 Å². The fourth-order valence-electron chi connectivity index (χ4n) is 2.31. The predicted octanol–water partition coefficient (Wildman–Crippen LogP) is 2.96. The molecule has 0 radical (unpaired) electrons. The van der Waals surface area contributed by atoms with E-state index in [1.807, 2.05) is 13.0 Å². The van der Waals surface area contributed by atoms with E-state index in [4.69, 9.17) is 0 Å². The molecule has 1 aromatic carbocycles. The van der Waals surface area contributed by atoms with Crippen LogP contribution < -0.4 is 5.69 Å². The summed E-state index contributed by atoms with van der Waals surface area (Å²) < 4.78 is 15.3. The average molecular weight is 318 g/mol. The van der Waals surface area contributed by atoms with E-state index in [1.54, 1.807) is 16.8 Å². The Labute approximate surface area is 130 Å². The molecule has 0 aliphatic carbocycles. The molecule has 0 amide bonds. The van der Waals surface area contributed by atoms with Crippen LogP contribution in [-0.2, 0) is 12.3 Å². The van der Waals surface area contributed by atoms with Gasteiger partial charge in [-0.1, -0.05) is 24.8 Å². The maximum absolute atomic E-state index is 13.7. The zero-order chi connectivity index (χ0) is 15.5. The summed E-state index contributed by atoms with van der Waals surface area (Å²) in [6.07, 6.45) is 2.54. The Kier molecular flexibility index (Phi) is 4.24. The number of H-pyrrole nitrogens is 1. The third kappa shape index (κ3) is 2.89. The van der Waals surface area contributed by atoms with Crippen molar-refractivity contribution in [2.45, 2.75) is 30.8 Å². The molecule has 114 valence electrons. The lowest BCUT2D eigenvalue weighted by Gasteiger charge is -2.07. The van der Waals surface area contributed by atoms with E-state index in [1.165, 1.54) is 23.9 Å². The number of aromatic amines is 1. The van der Waals surface area contributed by atoms with Gasteiger partial charge in [0.25, 0.3) is 0 Å². The van der Waals surface area contributed by atoms with Gasteiger partial charge in [-0.15, -0.1) is 5.10 Å². The highest BCUT2D eigenvalue weighted by molar-refractivity contribution is 7.98. The SMILES string of the molecule is CCCn1c(SCc2cc(F)cc3cccnc23)n[nH]c1=O. The second-order valence-corrected chi connectivity index (χ2v) is 5.83. The number of nitrogens with zero attached hydrogens (tertiary/aromatic N) is 3. The highest BCUT2D eigenvalue weighted by Gasteiger charge is 2.11. The molecule has 0 fully saturated rings. The maximum Gasteiger partial charge on any atom is 0.343 e. The number of benzene rings is 1. The first-order chi connectivity index (χ1) is 10.7. The van der Waals surface area contributed by atoms with Crippen LogP contribution in [0.15, 0.2) is 40.4 Å². The number of aromatic nitrogens is 4. The molecule has 0 saturated carbocycles. The van der Waals surface area contributed by atoms with Gasteiger partial charge in [0.15, 0.2) is 5.16 Å². The number of pyridine rings is 1. The number of hydrogen-bond acceptors (Lipinski definition) is 4. The van der Waals surface area contributed by atoms with Crippen molar-refractivity contribution < 1.29 is 4.39 Å². The standard InChI is InChI=1S/C15H15FN4OS/c1-2-6-20-14(21)18-19-15(20)22-9-11-8-12(16)7-10-4-3-5-17-13(10)11/h3-5,7-8H,2,6,9H2,1H3,(H,18,21). The molecular weight excluding hydrogens is 303 g/mol. The van der Waals surface area contributed by atoms with Gasteiger partial charge >= 0.3 is 5.69 Å². The van der Waals surface area contributed by atoms with Crippen molar-refractivity contribution in [2.75, 3.05) is 0 Å². The van der Waals surface area contributed by atoms with Crippen molar-refractivity contribution in [3.63, 3.8) is 0 Å². The maximum atomic E-state index is 13.7. The van der Waals surface area contributed by atoms with Gasteiger partial charge in [0.1, 0.15) is 5.82 Å². The molecule has 3 rings (SSSR count). The van der Waals surface area contributed by atoms with Gasteiger partial charge in [0.05, 0.1) is 5.52 Å². The molecule has 0 saturated heterocycles. The van der Waals surface area contributed by atoms with Crippen LogP contribution in [-0.4, -0.2) is 19.7 Å². The molecule has 0 spiro atoms. The molecule has 22 heavy (non-hydrogen) atoms. The first kappa shape index (κ1) is 14.8. The van der Waals surface area contributed by atoms with Crippen LogP contribution in [0.5, 0.6) is 0 Å². The van der Waals surface area contributed by atoms with Crippen molar-refractivity contribution in [2.24, 2.45) is 0 Å². The Hall–Kier alpha value is -2.15. The van der Waals surface area contributed by atoms with Gasteiger partial charge in [-0.2, -0.15) is 0 Å². The Morgan fingerprint density at radius 2 is 2.27 bits per heavy atom. The summed E-state index contributed by atoms with van der Waals surface area (Å²) in [5, 5.41) is 7.86. The quantitative estimate of drug-likeness (QED) is 0.735. The van der Waals surface area contributed by atoms with Gasteiger partial charge < -0.3 is 0 Å². The largest absolute Gasteiger partial charge is 0.343 e. The minimum Gasteiger partial charge on any atom is -0.270 e. The van der Waals surface area contributed by atoms with Gasteiger partial charge in [-0.3, -0.25) is 9.55 Å². The summed E-state index contributed by atoms with van der Waals surface area (Å²) in [7, 11) is 0. The van der Waals surface area contributed by atoms with Crippen LogP contribution in [0.2, 0.25) is 0 Å². The number of rotatable bonds is 5. The summed E-state index contributed by atoms with van der Waals surface area (Å²) in [5.41, 5.74) is 1.35. The van der Waals surface area contributed by atoms with E-state index in [9.17, 15) is 9.18 Å². The van der Waals surface area contributed by atoms with Crippen LogP contribution in [0.4, 0.5) is 4.39 Å². The minimum atomic E-state index is -0.288. The Bertz CT molecular complexity index is 858. The van der Waals surface area contributed by atoms with E-state index < -0.39 is 0 Å². The summed E-state index contributed by atoms with van der Waals surface area (Å²) in [5.74, 6) is 0.211. The Morgan fingerprint density at radius 3 is 3.09 bits per heavy atom. The summed E-state index contributed by atoms with van der Waals surface area (Å²) >= 11 is 1.40. The summed E-state index contributed by atoms with van der Waals surface area (Å²) in [6.45, 7) is 2.61. The molecule has 2 heterocycles. The molecule has 0 aliphatic rings. The number of hydrogen-bond donors (Lipinski definition) is 1. The first-order valence-electron chi connectivity index (χ1n) is 7.00. The van der Waals surface area contributed by atoms with Gasteiger partial charge in [-0.05, 0) is 30.2 Å². The second-order valence-electron chi connectivity index (χ2n) is 4.89. The molecule has 0 unspecified atom stereocenters. The number of thioether (sulfide) groups is 1. The molecule has 5 nitrogen and oxygen atoms in total. The highest BCUT2D eigenvalue weighted by Crippen LogP contribution is 2.25. The van der Waals surface area contributed by atoms with Crippen molar-refractivity contribution in [3.05, 3.63) is 52.3 Å². The second kappa shape index (κ2) is 6.31. The van der Waals surface area contributed by atoms with E-state index in [0.29, 0.717) is 17.5 Å². The average Bonchev–Trinajstić information content (AvgIpc) is 2.86. The third-order valence-electron chi connectivity index (χ3n) is 3.28. The number of halogens is 1. The van der Waals surface area contributed by atoms with Crippen LogP contribution in [0.25, 0.3) is 10.9 Å². The van der Waals surface area contributed by atoms with E-state index >= 15 is 0 Å². The van der Waals surface area contributed by atoms with Crippen LogP contribution >= 0.6 is 11.8 Å². The zero-order valence-corrected chi connectivity index (χ0v) is 12.9. The summed E-state index contributed by atoms with van der Waals surface area (Å²) in [6, 6.07) is 6.57. The van der Waals surface area contributed by atoms with Crippen molar-refractivity contribution in [1.29, 1.82) is 0 Å².